The molecule has 4 aromatic rings. The van der Waals surface area contributed by atoms with Gasteiger partial charge in [-0.1, -0.05) is 60.1 Å². The fraction of sp³-hybridized carbons (Fsp3) is 0.0455. The average molecular weight is 443 g/mol. The first kappa shape index (κ1) is 20.6. The Kier molecular flexibility index (Phi) is 5.48. The highest BCUT2D eigenvalue weighted by Gasteiger charge is 2.31. The summed E-state index contributed by atoms with van der Waals surface area (Å²) in [6.07, 6.45) is -2.81. The third-order valence-electron chi connectivity index (χ3n) is 4.55. The minimum Gasteiger partial charge on any atom is -0.350 e. The van der Waals surface area contributed by atoms with Gasteiger partial charge >= 0.3 is 6.18 Å². The summed E-state index contributed by atoms with van der Waals surface area (Å²) in [6, 6.07) is 17.6. The zero-order valence-corrected chi connectivity index (χ0v) is 16.5. The van der Waals surface area contributed by atoms with Crippen LogP contribution >= 0.6 is 11.6 Å². The molecule has 31 heavy (non-hydrogen) atoms. The van der Waals surface area contributed by atoms with Crippen LogP contribution in [-0.2, 0) is 6.18 Å². The Labute approximate surface area is 179 Å². The smallest absolute Gasteiger partial charge is 0.350 e. The number of hydrogen-bond acceptors (Lipinski definition) is 3. The zero-order valence-electron chi connectivity index (χ0n) is 15.7. The van der Waals surface area contributed by atoms with Gasteiger partial charge in [-0.25, -0.2) is 5.43 Å². The van der Waals surface area contributed by atoms with E-state index in [0.717, 1.165) is 34.3 Å². The summed E-state index contributed by atoms with van der Waals surface area (Å²) >= 11 is 5.85. The summed E-state index contributed by atoms with van der Waals surface area (Å²) in [5.41, 5.74) is 4.04. The number of H-pyrrole nitrogens is 1. The molecule has 0 fully saturated rings. The Hall–Kier alpha value is -3.65. The van der Waals surface area contributed by atoms with Crippen LogP contribution in [0.3, 0.4) is 0 Å². The van der Waals surface area contributed by atoms with Crippen molar-refractivity contribution < 1.29 is 18.0 Å². The number of halogens is 4. The lowest BCUT2D eigenvalue weighted by Crippen LogP contribution is -2.19. The highest BCUT2D eigenvalue weighted by molar-refractivity contribution is 6.32. The molecule has 0 unspecified atom stereocenters. The lowest BCUT2D eigenvalue weighted by atomic mass is 10.0. The molecule has 5 nitrogen and oxygen atoms in total. The van der Waals surface area contributed by atoms with Crippen LogP contribution in [0.2, 0.25) is 5.02 Å². The molecule has 0 aliphatic heterocycles. The summed E-state index contributed by atoms with van der Waals surface area (Å²) in [7, 11) is 0. The van der Waals surface area contributed by atoms with Crippen LogP contribution < -0.4 is 5.43 Å². The molecule has 0 spiro atoms. The van der Waals surface area contributed by atoms with Gasteiger partial charge in [-0.15, -0.1) is 0 Å². The van der Waals surface area contributed by atoms with Crippen LogP contribution in [0.5, 0.6) is 0 Å². The van der Waals surface area contributed by atoms with Crippen LogP contribution in [0.25, 0.3) is 22.0 Å². The summed E-state index contributed by atoms with van der Waals surface area (Å²) in [5.74, 6) is -0.519. The summed E-state index contributed by atoms with van der Waals surface area (Å²) in [4.78, 5) is 19.6. The van der Waals surface area contributed by atoms with Gasteiger partial charge in [0.1, 0.15) is 11.4 Å². The van der Waals surface area contributed by atoms with Crippen molar-refractivity contribution >= 4 is 34.6 Å². The van der Waals surface area contributed by atoms with Gasteiger partial charge in [-0.2, -0.15) is 18.3 Å². The monoisotopic (exact) mass is 442 g/mol. The molecule has 2 aromatic heterocycles. The normalized spacial score (nSPS) is 11.9. The van der Waals surface area contributed by atoms with Gasteiger partial charge in [0.15, 0.2) is 0 Å². The van der Waals surface area contributed by atoms with E-state index in [4.69, 9.17) is 11.6 Å². The SMILES string of the molecule is O=C(N/N=C\c1ncc(C(F)(F)F)cc1Cl)c1[nH]c2ccccc2c1-c1ccccc1. The van der Waals surface area contributed by atoms with Crippen LogP contribution in [0.1, 0.15) is 21.7 Å². The van der Waals surface area contributed by atoms with Gasteiger partial charge in [0, 0.05) is 22.7 Å². The molecule has 0 atom stereocenters. The van der Waals surface area contributed by atoms with Gasteiger partial charge < -0.3 is 4.98 Å². The highest BCUT2D eigenvalue weighted by atomic mass is 35.5. The number of aromatic amines is 1. The van der Waals surface area contributed by atoms with Crippen molar-refractivity contribution in [3.05, 3.63) is 88.8 Å². The van der Waals surface area contributed by atoms with E-state index in [0.29, 0.717) is 11.9 Å². The van der Waals surface area contributed by atoms with Crippen LogP contribution in [0.4, 0.5) is 13.2 Å². The van der Waals surface area contributed by atoms with Gasteiger partial charge in [0.25, 0.3) is 5.91 Å². The van der Waals surface area contributed by atoms with Crippen LogP contribution in [0.15, 0.2) is 72.0 Å². The molecule has 0 aliphatic rings. The Balaban J connectivity index is 1.61. The number of pyridine rings is 1. The second kappa shape index (κ2) is 8.23. The Morgan fingerprint density at radius 1 is 1.10 bits per heavy atom. The molecule has 4 rings (SSSR count). The molecule has 1 amide bonds. The number of carbonyl (C=O) groups is 1. The van der Waals surface area contributed by atoms with Crippen LogP contribution in [-0.4, -0.2) is 22.1 Å². The minimum atomic E-state index is -4.55. The predicted molar refractivity (Wildman–Crippen MR) is 113 cm³/mol. The van der Waals surface area contributed by atoms with E-state index in [1.807, 2.05) is 54.6 Å². The van der Waals surface area contributed by atoms with Gasteiger partial charge in [0.2, 0.25) is 0 Å². The number of benzene rings is 2. The molecule has 0 saturated carbocycles. The second-order valence-electron chi connectivity index (χ2n) is 6.57. The first-order chi connectivity index (χ1) is 14.8. The van der Waals surface area contributed by atoms with Gasteiger partial charge in [-0.3, -0.25) is 9.78 Å². The number of hydrazone groups is 1. The van der Waals surface area contributed by atoms with E-state index in [1.165, 1.54) is 0 Å². The maximum Gasteiger partial charge on any atom is 0.417 e. The molecule has 156 valence electrons. The molecule has 2 aromatic carbocycles. The molecule has 0 aliphatic carbocycles. The average Bonchev–Trinajstić information content (AvgIpc) is 3.14. The maximum atomic E-state index is 12.8. The third-order valence-corrected chi connectivity index (χ3v) is 4.85. The van der Waals surface area contributed by atoms with E-state index in [9.17, 15) is 18.0 Å². The number of aromatic nitrogens is 2. The molecule has 0 bridgehead atoms. The summed E-state index contributed by atoms with van der Waals surface area (Å²) < 4.78 is 38.2. The molecule has 2 heterocycles. The molecule has 9 heteroatoms. The van der Waals surface area contributed by atoms with E-state index in [-0.39, 0.29) is 10.7 Å². The molecule has 2 N–H and O–H groups in total. The maximum absolute atomic E-state index is 12.8. The minimum absolute atomic E-state index is 0.00473. The van der Waals surface area contributed by atoms with Crippen molar-refractivity contribution in [1.82, 2.24) is 15.4 Å². The Bertz CT molecular complexity index is 1280. The van der Waals surface area contributed by atoms with Crippen molar-refractivity contribution in [3.8, 4) is 11.1 Å². The quantitative estimate of drug-likeness (QED) is 0.316. The zero-order chi connectivity index (χ0) is 22.0. The van der Waals surface area contributed by atoms with E-state index in [2.05, 4.69) is 20.5 Å². The number of hydrogen-bond donors (Lipinski definition) is 2. The number of nitrogens with zero attached hydrogens (tertiary/aromatic N) is 2. The Morgan fingerprint density at radius 2 is 1.81 bits per heavy atom. The number of fused-ring (bicyclic) bond motifs is 1. The van der Waals surface area contributed by atoms with Crippen LogP contribution in [0, 0.1) is 0 Å². The van der Waals surface area contributed by atoms with E-state index < -0.39 is 17.6 Å². The predicted octanol–water partition coefficient (Wildman–Crippen LogP) is 5.67. The van der Waals surface area contributed by atoms with Gasteiger partial charge in [-0.05, 0) is 17.7 Å². The van der Waals surface area contributed by atoms with E-state index >= 15 is 0 Å². The largest absolute Gasteiger partial charge is 0.417 e. The lowest BCUT2D eigenvalue weighted by molar-refractivity contribution is -0.137. The number of rotatable bonds is 4. The fourth-order valence-corrected chi connectivity index (χ4v) is 3.34. The molecule has 0 radical (unpaired) electrons. The standard InChI is InChI=1S/C22H14ClF3N4O/c23-16-10-14(22(24,25)26)11-27-18(16)12-28-30-21(31)20-19(13-6-2-1-3-7-13)15-8-4-5-9-17(15)29-20/h1-12,29H,(H,30,31)/b28-12-. The first-order valence-corrected chi connectivity index (χ1v) is 9.44. The molecular weight excluding hydrogens is 429 g/mol. The summed E-state index contributed by atoms with van der Waals surface area (Å²) in [6.45, 7) is 0. The fourth-order valence-electron chi connectivity index (χ4n) is 3.12. The lowest BCUT2D eigenvalue weighted by Gasteiger charge is -2.07. The highest BCUT2D eigenvalue weighted by Crippen LogP contribution is 2.32. The van der Waals surface area contributed by atoms with Gasteiger partial charge in [0.05, 0.1) is 16.8 Å². The third kappa shape index (κ3) is 4.29. The van der Waals surface area contributed by atoms with Crippen molar-refractivity contribution in [1.29, 1.82) is 0 Å². The Morgan fingerprint density at radius 3 is 2.52 bits per heavy atom. The van der Waals surface area contributed by atoms with E-state index in [1.54, 1.807) is 0 Å². The topological polar surface area (TPSA) is 70.1 Å². The number of para-hydroxylation sites is 1. The van der Waals surface area contributed by atoms with Crippen molar-refractivity contribution in [2.45, 2.75) is 6.18 Å². The number of carbonyl (C=O) groups excluding carboxylic acids is 1. The first-order valence-electron chi connectivity index (χ1n) is 9.07. The van der Waals surface area contributed by atoms with Crippen molar-refractivity contribution in [3.63, 3.8) is 0 Å². The van der Waals surface area contributed by atoms with Crippen molar-refractivity contribution in [2.75, 3.05) is 0 Å². The number of nitrogens with one attached hydrogen (secondary N) is 2. The van der Waals surface area contributed by atoms with Crippen molar-refractivity contribution in [2.24, 2.45) is 5.10 Å². The molecular formula is C22H14ClF3N4O. The number of alkyl halides is 3. The summed E-state index contributed by atoms with van der Waals surface area (Å²) in [5, 5.41) is 4.44. The molecule has 0 saturated heterocycles. The number of amides is 1. The second-order valence-corrected chi connectivity index (χ2v) is 6.98.